The van der Waals surface area contributed by atoms with E-state index in [0.717, 1.165) is 5.56 Å². The number of nitrogens with zero attached hydrogens (tertiary/aromatic N) is 1. The molecule has 7 heteroatoms. The first-order valence-corrected chi connectivity index (χ1v) is 10.7. The van der Waals surface area contributed by atoms with Crippen LogP contribution in [0.25, 0.3) is 0 Å². The number of ether oxygens (including phenoxy) is 1. The van der Waals surface area contributed by atoms with Gasteiger partial charge in [0.1, 0.15) is 5.75 Å². The van der Waals surface area contributed by atoms with Gasteiger partial charge in [-0.1, -0.05) is 38.1 Å². The molecule has 164 valence electrons. The van der Waals surface area contributed by atoms with Gasteiger partial charge in [-0.2, -0.15) is 0 Å². The number of carbonyl (C=O) groups is 2. The Balaban J connectivity index is 1.71. The Morgan fingerprint density at radius 2 is 2.12 bits per heavy atom. The van der Waals surface area contributed by atoms with Gasteiger partial charge < -0.3 is 20.9 Å². The third-order valence-electron chi connectivity index (χ3n) is 6.71. The molecule has 4 N–H and O–H groups in total. The highest BCUT2D eigenvalue weighted by Gasteiger charge is 2.72. The van der Waals surface area contributed by atoms with Crippen LogP contribution in [0.5, 0.6) is 5.75 Å². The lowest BCUT2D eigenvalue weighted by molar-refractivity contribution is -0.154. The van der Waals surface area contributed by atoms with Crippen LogP contribution in [0.15, 0.2) is 60.0 Å². The molecule has 3 unspecified atom stereocenters. The summed E-state index contributed by atoms with van der Waals surface area (Å²) in [5.41, 5.74) is 7.43. The monoisotopic (exact) mass is 431 g/mol. The van der Waals surface area contributed by atoms with Gasteiger partial charge in [-0.3, -0.25) is 14.6 Å². The van der Waals surface area contributed by atoms with Crippen molar-refractivity contribution in [2.45, 2.75) is 50.5 Å². The average molecular weight is 431 g/mol. The van der Waals surface area contributed by atoms with Gasteiger partial charge in [-0.05, 0) is 42.5 Å². The predicted molar refractivity (Wildman–Crippen MR) is 118 cm³/mol. The number of hydrogen-bond donors (Lipinski definition) is 3. The van der Waals surface area contributed by atoms with E-state index in [1.807, 2.05) is 32.1 Å². The van der Waals surface area contributed by atoms with Crippen LogP contribution < -0.4 is 15.8 Å². The lowest BCUT2D eigenvalue weighted by Gasteiger charge is -2.35. The predicted octanol–water partition coefficient (Wildman–Crippen LogP) is 2.39. The summed E-state index contributed by atoms with van der Waals surface area (Å²) in [4.78, 5) is 31.4. The molecule has 7 nitrogen and oxygen atoms in total. The highest BCUT2D eigenvalue weighted by atomic mass is 16.6. The number of pyridine rings is 1. The first-order chi connectivity index (χ1) is 15.2. The van der Waals surface area contributed by atoms with E-state index >= 15 is 0 Å². The van der Waals surface area contributed by atoms with E-state index in [1.165, 1.54) is 6.20 Å². The zero-order chi connectivity index (χ0) is 22.8. The molecule has 1 aromatic carbocycles. The lowest BCUT2D eigenvalue weighted by Crippen LogP contribution is -2.63. The fraction of sp³-hybridized carbons (Fsp3) is 0.320. The summed E-state index contributed by atoms with van der Waals surface area (Å²) in [6.45, 7) is 5.88. The number of Topliss-reactive ketones (excluding diaryl/α,β-unsaturated/α-hetero) is 1. The fourth-order valence-electron chi connectivity index (χ4n) is 4.92. The van der Waals surface area contributed by atoms with Crippen molar-refractivity contribution in [3.8, 4) is 5.75 Å². The van der Waals surface area contributed by atoms with Crippen molar-refractivity contribution in [2.24, 2.45) is 5.73 Å². The van der Waals surface area contributed by atoms with Crippen LogP contribution in [0.3, 0.4) is 0 Å². The first-order valence-electron chi connectivity index (χ1n) is 10.7. The highest BCUT2D eigenvalue weighted by Crippen LogP contribution is 2.57. The average Bonchev–Trinajstić information content (AvgIpc) is 3.11. The number of nitrogens with one attached hydrogen (secondary N) is 1. The number of hydrogen-bond acceptors (Lipinski definition) is 6. The Morgan fingerprint density at radius 3 is 2.84 bits per heavy atom. The standard InChI is InChI=1S/C25H25N3O4/c1-13(2)15-7-8-17-20(11-15)32-25(31)18-5-4-6-19(26)21(18)22(29)24(17,25)28-23(30)16-12-27-10-9-14(16)3/h4-5,7-13,19,31H,6,26H2,1-3H3,(H,28,30). The van der Waals surface area contributed by atoms with Crippen molar-refractivity contribution in [1.29, 1.82) is 0 Å². The zero-order valence-corrected chi connectivity index (χ0v) is 18.2. The number of benzene rings is 1. The maximum atomic E-state index is 13.9. The molecule has 0 bridgehead atoms. The molecule has 5 rings (SSSR count). The molecule has 3 aliphatic rings. The Labute approximate surface area is 186 Å². The number of carbonyl (C=O) groups excluding carboxylic acids is 2. The quantitative estimate of drug-likeness (QED) is 0.688. The van der Waals surface area contributed by atoms with Crippen molar-refractivity contribution in [1.82, 2.24) is 10.3 Å². The van der Waals surface area contributed by atoms with Crippen LogP contribution >= 0.6 is 0 Å². The number of ketones is 1. The van der Waals surface area contributed by atoms with Crippen LogP contribution in [0, 0.1) is 6.92 Å². The number of nitrogens with two attached hydrogens (primary N) is 1. The molecule has 3 atom stereocenters. The van der Waals surface area contributed by atoms with Gasteiger partial charge in [0.25, 0.3) is 11.7 Å². The largest absolute Gasteiger partial charge is 0.454 e. The number of aliphatic hydroxyl groups is 1. The van der Waals surface area contributed by atoms with Crippen molar-refractivity contribution >= 4 is 11.7 Å². The van der Waals surface area contributed by atoms with E-state index in [9.17, 15) is 14.7 Å². The molecule has 1 amide bonds. The maximum absolute atomic E-state index is 13.9. The minimum Gasteiger partial charge on any atom is -0.454 e. The Kier molecular flexibility index (Phi) is 4.41. The van der Waals surface area contributed by atoms with Crippen LogP contribution in [-0.2, 0) is 10.3 Å². The summed E-state index contributed by atoms with van der Waals surface area (Å²) >= 11 is 0. The van der Waals surface area contributed by atoms with E-state index in [1.54, 1.807) is 31.3 Å². The van der Waals surface area contributed by atoms with Crippen LogP contribution in [0.1, 0.15) is 53.2 Å². The second-order valence-corrected chi connectivity index (χ2v) is 8.95. The second-order valence-electron chi connectivity index (χ2n) is 8.95. The number of aromatic nitrogens is 1. The normalized spacial score (nSPS) is 27.8. The number of aryl methyl sites for hydroxylation is 1. The third kappa shape index (κ3) is 2.52. The Bertz CT molecular complexity index is 1230. The summed E-state index contributed by atoms with van der Waals surface area (Å²) < 4.78 is 6.11. The van der Waals surface area contributed by atoms with Crippen molar-refractivity contribution in [3.63, 3.8) is 0 Å². The molecule has 0 radical (unpaired) electrons. The minimum absolute atomic E-state index is 0.219. The molecule has 2 aromatic rings. The topological polar surface area (TPSA) is 115 Å². The van der Waals surface area contributed by atoms with Crippen LogP contribution in [0.4, 0.5) is 0 Å². The van der Waals surface area contributed by atoms with Crippen molar-refractivity contribution in [3.05, 3.63) is 82.2 Å². The summed E-state index contributed by atoms with van der Waals surface area (Å²) in [5, 5.41) is 14.8. The molecule has 1 aromatic heterocycles. The molecule has 0 saturated carbocycles. The van der Waals surface area contributed by atoms with E-state index < -0.39 is 29.1 Å². The van der Waals surface area contributed by atoms with E-state index in [4.69, 9.17) is 10.5 Å². The van der Waals surface area contributed by atoms with Gasteiger partial charge in [-0.15, -0.1) is 0 Å². The van der Waals surface area contributed by atoms with Gasteiger partial charge in [-0.25, -0.2) is 0 Å². The van der Waals surface area contributed by atoms with Crippen LogP contribution in [0.2, 0.25) is 0 Å². The van der Waals surface area contributed by atoms with Gasteiger partial charge in [0.15, 0.2) is 5.78 Å². The SMILES string of the molecule is Cc1ccncc1C(=O)NC12C(=O)C3=C(C=CCC3N)C1(O)Oc1cc(C(C)C)ccc12. The molecular formula is C25H25N3O4. The molecule has 0 spiro atoms. The summed E-state index contributed by atoms with van der Waals surface area (Å²) in [6, 6.07) is 6.59. The molecule has 0 fully saturated rings. The van der Waals surface area contributed by atoms with E-state index in [2.05, 4.69) is 10.3 Å². The van der Waals surface area contributed by atoms with E-state index in [-0.39, 0.29) is 11.5 Å². The first kappa shape index (κ1) is 20.6. The highest BCUT2D eigenvalue weighted by molar-refractivity contribution is 6.14. The summed E-state index contributed by atoms with van der Waals surface area (Å²) in [7, 11) is 0. The van der Waals surface area contributed by atoms with Gasteiger partial charge in [0.05, 0.1) is 5.56 Å². The van der Waals surface area contributed by atoms with Crippen molar-refractivity contribution in [2.75, 3.05) is 0 Å². The lowest BCUT2D eigenvalue weighted by atomic mass is 9.80. The van der Waals surface area contributed by atoms with Gasteiger partial charge >= 0.3 is 0 Å². The van der Waals surface area contributed by atoms with Crippen molar-refractivity contribution < 1.29 is 19.4 Å². The van der Waals surface area contributed by atoms with Gasteiger partial charge in [0.2, 0.25) is 5.54 Å². The third-order valence-corrected chi connectivity index (χ3v) is 6.71. The molecular weight excluding hydrogens is 406 g/mol. The zero-order valence-electron chi connectivity index (χ0n) is 18.2. The Morgan fingerprint density at radius 1 is 1.34 bits per heavy atom. The summed E-state index contributed by atoms with van der Waals surface area (Å²) in [5.74, 6) is -2.48. The molecule has 1 aliphatic heterocycles. The number of rotatable bonds is 3. The molecule has 0 saturated heterocycles. The van der Waals surface area contributed by atoms with Crippen LogP contribution in [-0.4, -0.2) is 33.6 Å². The Hall–Kier alpha value is -3.29. The molecule has 32 heavy (non-hydrogen) atoms. The number of fused-ring (bicyclic) bond motifs is 4. The summed E-state index contributed by atoms with van der Waals surface area (Å²) in [6.07, 6.45) is 6.98. The second kappa shape index (κ2) is 6.85. The smallest absolute Gasteiger partial charge is 0.270 e. The minimum atomic E-state index is -2.10. The number of amides is 1. The molecule has 2 heterocycles. The fourth-order valence-corrected chi connectivity index (χ4v) is 4.92. The van der Waals surface area contributed by atoms with Gasteiger partial charge in [0, 0.05) is 35.1 Å². The molecule has 2 aliphatic carbocycles. The van der Waals surface area contributed by atoms with E-state index in [0.29, 0.717) is 34.4 Å². The maximum Gasteiger partial charge on any atom is 0.270 e.